The second-order valence-corrected chi connectivity index (χ2v) is 4.06. The Kier molecular flexibility index (Phi) is 2.87. The summed E-state index contributed by atoms with van der Waals surface area (Å²) >= 11 is 6.09. The second-order valence-electron chi connectivity index (χ2n) is 3.50. The van der Waals surface area contributed by atoms with Crippen LogP contribution < -0.4 is 0 Å². The molecule has 14 heavy (non-hydrogen) atoms. The molecule has 0 saturated heterocycles. The molecule has 0 saturated carbocycles. The molecular formula is C10H14ClN3. The fourth-order valence-corrected chi connectivity index (χ4v) is 2.11. The summed E-state index contributed by atoms with van der Waals surface area (Å²) in [6.45, 7) is 2.93. The molecule has 76 valence electrons. The van der Waals surface area contributed by atoms with Crippen molar-refractivity contribution in [3.05, 3.63) is 18.2 Å². The predicted molar refractivity (Wildman–Crippen MR) is 57.2 cm³/mol. The Labute approximate surface area is 88.8 Å². The zero-order valence-corrected chi connectivity index (χ0v) is 9.04. The van der Waals surface area contributed by atoms with Gasteiger partial charge in [-0.3, -0.25) is 0 Å². The van der Waals surface area contributed by atoms with E-state index in [0.717, 1.165) is 31.6 Å². The van der Waals surface area contributed by atoms with E-state index in [9.17, 15) is 0 Å². The summed E-state index contributed by atoms with van der Waals surface area (Å²) in [7, 11) is 0. The lowest BCUT2D eigenvalue weighted by atomic mass is 9.99. The van der Waals surface area contributed by atoms with Crippen LogP contribution in [0.15, 0.2) is 12.4 Å². The summed E-state index contributed by atoms with van der Waals surface area (Å²) in [5, 5.41) is 4.32. The molecule has 0 fully saturated rings. The SMILES string of the molecule is CCn1ncnc1C1=CC(Cl)CCC1. The largest absolute Gasteiger partial charge is 0.246 e. The molecule has 1 heterocycles. The highest BCUT2D eigenvalue weighted by Crippen LogP contribution is 2.27. The molecule has 0 spiro atoms. The molecule has 1 unspecified atom stereocenters. The summed E-state index contributed by atoms with van der Waals surface area (Å²) in [4.78, 5) is 4.27. The normalized spacial score (nSPS) is 22.1. The van der Waals surface area contributed by atoms with E-state index in [4.69, 9.17) is 11.6 Å². The van der Waals surface area contributed by atoms with Gasteiger partial charge in [-0.2, -0.15) is 5.10 Å². The number of aryl methyl sites for hydroxylation is 1. The van der Waals surface area contributed by atoms with Gasteiger partial charge in [0.25, 0.3) is 0 Å². The molecule has 1 atom stereocenters. The third-order valence-electron chi connectivity index (χ3n) is 2.51. The zero-order valence-electron chi connectivity index (χ0n) is 8.28. The summed E-state index contributed by atoms with van der Waals surface area (Å²) in [6, 6.07) is 0. The fraction of sp³-hybridized carbons (Fsp3) is 0.600. The smallest absolute Gasteiger partial charge is 0.153 e. The van der Waals surface area contributed by atoms with Gasteiger partial charge >= 0.3 is 0 Å². The van der Waals surface area contributed by atoms with Gasteiger partial charge < -0.3 is 0 Å². The van der Waals surface area contributed by atoms with E-state index in [1.54, 1.807) is 6.33 Å². The molecule has 0 amide bonds. The Morgan fingerprint density at radius 2 is 2.50 bits per heavy atom. The highest BCUT2D eigenvalue weighted by molar-refractivity contribution is 6.22. The lowest BCUT2D eigenvalue weighted by molar-refractivity contribution is 0.639. The van der Waals surface area contributed by atoms with E-state index < -0.39 is 0 Å². The minimum Gasteiger partial charge on any atom is -0.246 e. The van der Waals surface area contributed by atoms with Gasteiger partial charge in [0.2, 0.25) is 0 Å². The van der Waals surface area contributed by atoms with Crippen molar-refractivity contribution in [2.24, 2.45) is 0 Å². The minimum atomic E-state index is 0.167. The molecule has 1 aromatic heterocycles. The Bertz CT molecular complexity index is 343. The molecule has 0 N–H and O–H groups in total. The lowest BCUT2D eigenvalue weighted by Crippen LogP contribution is -2.08. The lowest BCUT2D eigenvalue weighted by Gasteiger charge is -2.15. The molecule has 0 radical (unpaired) electrons. The first-order valence-electron chi connectivity index (χ1n) is 5.04. The number of halogens is 1. The van der Waals surface area contributed by atoms with Crippen LogP contribution >= 0.6 is 11.6 Å². The van der Waals surface area contributed by atoms with E-state index in [0.29, 0.717) is 0 Å². The highest BCUT2D eigenvalue weighted by Gasteiger charge is 2.15. The molecule has 3 nitrogen and oxygen atoms in total. The fourth-order valence-electron chi connectivity index (χ4n) is 1.80. The van der Waals surface area contributed by atoms with Crippen LogP contribution in [0.3, 0.4) is 0 Å². The van der Waals surface area contributed by atoms with Gasteiger partial charge in [0.1, 0.15) is 6.33 Å². The molecule has 0 aromatic carbocycles. The Morgan fingerprint density at radius 1 is 1.64 bits per heavy atom. The van der Waals surface area contributed by atoms with E-state index in [1.165, 1.54) is 5.57 Å². The summed E-state index contributed by atoms with van der Waals surface area (Å²) in [6.07, 6.45) is 7.02. The predicted octanol–water partition coefficient (Wildman–Crippen LogP) is 2.47. The van der Waals surface area contributed by atoms with Crippen LogP contribution in [-0.4, -0.2) is 20.1 Å². The number of aromatic nitrogens is 3. The average Bonchev–Trinajstić information content (AvgIpc) is 2.65. The number of hydrogen-bond donors (Lipinski definition) is 0. The monoisotopic (exact) mass is 211 g/mol. The topological polar surface area (TPSA) is 30.7 Å². The van der Waals surface area contributed by atoms with Crippen LogP contribution in [0.25, 0.3) is 5.57 Å². The summed E-state index contributed by atoms with van der Waals surface area (Å²) in [5.41, 5.74) is 1.25. The third kappa shape index (κ3) is 1.82. The molecule has 4 heteroatoms. The van der Waals surface area contributed by atoms with Gasteiger partial charge in [-0.15, -0.1) is 11.6 Å². The molecule has 0 bridgehead atoms. The first-order valence-corrected chi connectivity index (χ1v) is 5.48. The molecule has 0 aliphatic heterocycles. The van der Waals surface area contributed by atoms with E-state index in [1.807, 2.05) is 4.68 Å². The zero-order chi connectivity index (χ0) is 9.97. The van der Waals surface area contributed by atoms with Crippen molar-refractivity contribution in [1.29, 1.82) is 0 Å². The second kappa shape index (κ2) is 4.13. The van der Waals surface area contributed by atoms with Gasteiger partial charge in [-0.25, -0.2) is 9.67 Å². The highest BCUT2D eigenvalue weighted by atomic mass is 35.5. The van der Waals surface area contributed by atoms with Crippen molar-refractivity contribution in [2.75, 3.05) is 0 Å². The van der Waals surface area contributed by atoms with Crippen molar-refractivity contribution >= 4 is 17.2 Å². The number of alkyl halides is 1. The Morgan fingerprint density at radius 3 is 3.21 bits per heavy atom. The summed E-state index contributed by atoms with van der Waals surface area (Å²) < 4.78 is 1.92. The standard InChI is InChI=1S/C10H14ClN3/c1-2-14-10(12-7-13-14)8-4-3-5-9(11)6-8/h6-7,9H,2-5H2,1H3. The van der Waals surface area contributed by atoms with Gasteiger partial charge in [-0.05, 0) is 31.8 Å². The maximum absolute atomic E-state index is 6.09. The molecule has 1 aliphatic rings. The molecule has 1 aromatic rings. The van der Waals surface area contributed by atoms with E-state index >= 15 is 0 Å². The molecule has 1 aliphatic carbocycles. The minimum absolute atomic E-state index is 0.167. The first-order chi connectivity index (χ1) is 6.81. The van der Waals surface area contributed by atoms with Gasteiger partial charge in [0.05, 0.1) is 5.38 Å². The number of rotatable bonds is 2. The Balaban J connectivity index is 2.29. The number of nitrogens with zero attached hydrogens (tertiary/aromatic N) is 3. The van der Waals surface area contributed by atoms with Crippen molar-refractivity contribution in [1.82, 2.24) is 14.8 Å². The van der Waals surface area contributed by atoms with Crippen molar-refractivity contribution in [3.8, 4) is 0 Å². The van der Waals surface area contributed by atoms with Gasteiger partial charge in [-0.1, -0.05) is 6.08 Å². The van der Waals surface area contributed by atoms with Crippen LogP contribution in [0, 0.1) is 0 Å². The average molecular weight is 212 g/mol. The van der Waals surface area contributed by atoms with E-state index in [2.05, 4.69) is 23.1 Å². The van der Waals surface area contributed by atoms with Crippen LogP contribution in [0.4, 0.5) is 0 Å². The maximum atomic E-state index is 6.09. The van der Waals surface area contributed by atoms with Gasteiger partial charge in [0.15, 0.2) is 5.82 Å². The van der Waals surface area contributed by atoms with Crippen molar-refractivity contribution in [3.63, 3.8) is 0 Å². The van der Waals surface area contributed by atoms with Crippen LogP contribution in [0.1, 0.15) is 32.0 Å². The number of hydrogen-bond acceptors (Lipinski definition) is 2. The summed E-state index contributed by atoms with van der Waals surface area (Å²) in [5.74, 6) is 0.984. The van der Waals surface area contributed by atoms with E-state index in [-0.39, 0.29) is 5.38 Å². The van der Waals surface area contributed by atoms with Crippen LogP contribution in [-0.2, 0) is 6.54 Å². The Hall–Kier alpha value is -0.830. The van der Waals surface area contributed by atoms with Crippen LogP contribution in [0.2, 0.25) is 0 Å². The number of allylic oxidation sites excluding steroid dienone is 2. The maximum Gasteiger partial charge on any atom is 0.153 e. The van der Waals surface area contributed by atoms with Crippen molar-refractivity contribution < 1.29 is 0 Å². The quantitative estimate of drug-likeness (QED) is 0.704. The first kappa shape index (κ1) is 9.71. The van der Waals surface area contributed by atoms with Gasteiger partial charge in [0, 0.05) is 6.54 Å². The van der Waals surface area contributed by atoms with Crippen LogP contribution in [0.5, 0.6) is 0 Å². The molecular weight excluding hydrogens is 198 g/mol. The third-order valence-corrected chi connectivity index (χ3v) is 2.85. The van der Waals surface area contributed by atoms with Crippen molar-refractivity contribution in [2.45, 2.75) is 38.1 Å². The molecule has 2 rings (SSSR count).